The van der Waals surface area contributed by atoms with Crippen LogP contribution in [0, 0.1) is 0 Å². The Balaban J connectivity index is 1.00. The van der Waals surface area contributed by atoms with E-state index in [4.69, 9.17) is 0 Å². The second kappa shape index (κ2) is 14.6. The fourth-order valence-corrected chi connectivity index (χ4v) is 8.29. The number of hydrogen-bond donors (Lipinski definition) is 0. The Morgan fingerprint density at radius 3 is 1.41 bits per heavy atom. The van der Waals surface area contributed by atoms with Crippen molar-refractivity contribution in [3.05, 3.63) is 224 Å². The van der Waals surface area contributed by atoms with Gasteiger partial charge in [0.25, 0.3) is 0 Å². The van der Waals surface area contributed by atoms with Gasteiger partial charge in [-0.25, -0.2) is 0 Å². The summed E-state index contributed by atoms with van der Waals surface area (Å²) in [5.41, 5.74) is 18.2. The van der Waals surface area contributed by atoms with Crippen molar-refractivity contribution in [3.8, 4) is 50.2 Å². The van der Waals surface area contributed by atoms with E-state index in [1.807, 2.05) is 0 Å². The lowest BCUT2D eigenvalue weighted by atomic mass is 9.98. The molecule has 0 saturated carbocycles. The first-order valence-electron chi connectivity index (χ1n) is 19.5. The normalized spacial score (nSPS) is 12.1. The second-order valence-electron chi connectivity index (χ2n) is 14.5. The van der Waals surface area contributed by atoms with E-state index in [1.165, 1.54) is 72.4 Å². The molecule has 266 valence electrons. The summed E-state index contributed by atoms with van der Waals surface area (Å²) in [6.07, 6.45) is 6.72. The maximum Gasteiger partial charge on any atom is 0.0537 e. The summed E-state index contributed by atoms with van der Waals surface area (Å²) in [7, 11) is 0. The summed E-state index contributed by atoms with van der Waals surface area (Å²) in [6.45, 7) is 0. The third-order valence-corrected chi connectivity index (χ3v) is 11.1. The van der Waals surface area contributed by atoms with Crippen molar-refractivity contribution in [1.82, 2.24) is 4.57 Å². The van der Waals surface area contributed by atoms with Crippen LogP contribution in [0.1, 0.15) is 17.7 Å². The van der Waals surface area contributed by atoms with Crippen LogP contribution in [0.3, 0.4) is 0 Å². The molecule has 0 radical (unpaired) electrons. The van der Waals surface area contributed by atoms with Gasteiger partial charge in [-0.1, -0.05) is 158 Å². The quantitative estimate of drug-likeness (QED) is 0.152. The van der Waals surface area contributed by atoms with E-state index in [2.05, 4.69) is 228 Å². The molecule has 1 heterocycles. The average Bonchev–Trinajstić information content (AvgIpc) is 3.62. The van der Waals surface area contributed by atoms with Crippen LogP contribution in [-0.4, -0.2) is 4.57 Å². The number of anilines is 3. The summed E-state index contributed by atoms with van der Waals surface area (Å²) < 4.78 is 2.47. The lowest BCUT2D eigenvalue weighted by molar-refractivity contribution is 0.889. The average molecular weight is 717 g/mol. The Morgan fingerprint density at radius 2 is 0.821 bits per heavy atom. The van der Waals surface area contributed by atoms with Gasteiger partial charge in [0.1, 0.15) is 0 Å². The summed E-state index contributed by atoms with van der Waals surface area (Å²) in [6, 6.07) is 74.6. The number of hydrogen-bond acceptors (Lipinski definition) is 1. The van der Waals surface area contributed by atoms with Crippen molar-refractivity contribution in [3.63, 3.8) is 0 Å². The van der Waals surface area contributed by atoms with E-state index < -0.39 is 0 Å². The molecule has 56 heavy (non-hydrogen) atoms. The van der Waals surface area contributed by atoms with Gasteiger partial charge in [0, 0.05) is 39.4 Å². The lowest BCUT2D eigenvalue weighted by Gasteiger charge is -2.26. The van der Waals surface area contributed by atoms with Crippen LogP contribution in [0.2, 0.25) is 0 Å². The molecule has 0 saturated heterocycles. The summed E-state index contributed by atoms with van der Waals surface area (Å²) in [5, 5.41) is 1.32. The Bertz CT molecular complexity index is 2810. The molecular weight excluding hydrogens is 677 g/mol. The molecule has 1 aromatic heterocycles. The monoisotopic (exact) mass is 716 g/mol. The molecule has 0 amide bonds. The van der Waals surface area contributed by atoms with Crippen LogP contribution in [0.4, 0.5) is 17.1 Å². The summed E-state index contributed by atoms with van der Waals surface area (Å²) >= 11 is 0. The van der Waals surface area contributed by atoms with Gasteiger partial charge in [-0.2, -0.15) is 0 Å². The molecule has 0 bridgehead atoms. The van der Waals surface area contributed by atoms with Gasteiger partial charge in [-0.05, 0) is 118 Å². The van der Waals surface area contributed by atoms with Gasteiger partial charge in [-0.15, -0.1) is 0 Å². The Kier molecular flexibility index (Phi) is 8.70. The maximum absolute atomic E-state index is 2.47. The predicted molar refractivity (Wildman–Crippen MR) is 237 cm³/mol. The minimum absolute atomic E-state index is 1.04. The predicted octanol–water partition coefficient (Wildman–Crippen LogP) is 14.7. The van der Waals surface area contributed by atoms with Crippen molar-refractivity contribution in [2.75, 3.05) is 4.90 Å². The number of para-hydroxylation sites is 1. The highest BCUT2D eigenvalue weighted by Gasteiger charge is 2.19. The number of rotatable bonds is 8. The van der Waals surface area contributed by atoms with E-state index in [1.54, 1.807) is 0 Å². The smallest absolute Gasteiger partial charge is 0.0537 e. The van der Waals surface area contributed by atoms with Gasteiger partial charge in [0.2, 0.25) is 0 Å². The summed E-state index contributed by atoms with van der Waals surface area (Å²) in [5.74, 6) is 0. The molecule has 8 aromatic carbocycles. The van der Waals surface area contributed by atoms with Gasteiger partial charge >= 0.3 is 0 Å². The molecule has 2 heteroatoms. The fraction of sp³-hybridized carbons (Fsp3) is 0.0370. The van der Waals surface area contributed by atoms with Gasteiger partial charge in [-0.3, -0.25) is 0 Å². The summed E-state index contributed by atoms with van der Waals surface area (Å²) in [4.78, 5) is 2.35. The first-order valence-corrected chi connectivity index (χ1v) is 19.5. The molecule has 1 aliphatic rings. The molecule has 0 unspecified atom stereocenters. The van der Waals surface area contributed by atoms with E-state index >= 15 is 0 Å². The van der Waals surface area contributed by atoms with Crippen molar-refractivity contribution >= 4 is 34.0 Å². The van der Waals surface area contributed by atoms with E-state index in [-0.39, 0.29) is 0 Å². The van der Waals surface area contributed by atoms with Gasteiger partial charge in [0.15, 0.2) is 0 Å². The minimum atomic E-state index is 1.04. The van der Waals surface area contributed by atoms with Crippen molar-refractivity contribution in [1.29, 1.82) is 0 Å². The number of aromatic nitrogens is 1. The molecule has 0 spiro atoms. The van der Waals surface area contributed by atoms with E-state index in [9.17, 15) is 0 Å². The Morgan fingerprint density at radius 1 is 0.375 bits per heavy atom. The molecule has 0 fully saturated rings. The Labute approximate surface area is 328 Å². The third kappa shape index (κ3) is 6.32. The standard InChI is InChI=1S/C54H40N2/c1-3-13-39(14-4-1)41-25-31-47(32-26-41)55(48-33-27-42(28-34-48)45-18-11-17-44(37-45)40-15-5-2-6-16-40)49-35-29-43(30-36-49)46-19-12-20-50(38-46)56-53-23-9-7-21-51(53)52-22-8-10-24-54(52)56/h1-9,11-23,25-38H,10,24H2. The molecule has 0 N–H and O–H groups in total. The van der Waals surface area contributed by atoms with Crippen LogP contribution in [0.15, 0.2) is 212 Å². The van der Waals surface area contributed by atoms with Crippen LogP contribution in [0.5, 0.6) is 0 Å². The topological polar surface area (TPSA) is 8.17 Å². The van der Waals surface area contributed by atoms with Gasteiger partial charge in [0.05, 0.1) is 5.52 Å². The van der Waals surface area contributed by atoms with E-state index in [0.717, 1.165) is 29.9 Å². The molecule has 0 atom stereocenters. The van der Waals surface area contributed by atoms with Crippen LogP contribution in [0.25, 0.3) is 67.2 Å². The highest BCUT2D eigenvalue weighted by molar-refractivity contribution is 5.93. The SMILES string of the molecule is C1=Cc2c(n(-c3cccc(-c4ccc(N(c5ccc(-c6ccccc6)cc5)c5ccc(-c6cccc(-c7ccccc7)c6)cc5)cc4)c3)c3ccccc23)CC1. The number of fused-ring (bicyclic) bond motifs is 3. The minimum Gasteiger partial charge on any atom is -0.313 e. The number of benzene rings is 8. The zero-order valence-electron chi connectivity index (χ0n) is 31.1. The lowest BCUT2D eigenvalue weighted by Crippen LogP contribution is -2.09. The van der Waals surface area contributed by atoms with E-state index in [0.29, 0.717) is 0 Å². The zero-order valence-corrected chi connectivity index (χ0v) is 31.1. The first-order chi connectivity index (χ1) is 27.8. The van der Waals surface area contributed by atoms with Crippen LogP contribution < -0.4 is 4.90 Å². The first kappa shape index (κ1) is 33.4. The number of allylic oxidation sites excluding steroid dienone is 1. The maximum atomic E-state index is 2.47. The highest BCUT2D eigenvalue weighted by Crippen LogP contribution is 2.39. The second-order valence-corrected chi connectivity index (χ2v) is 14.5. The Hall–Kier alpha value is -7.16. The fourth-order valence-electron chi connectivity index (χ4n) is 8.29. The third-order valence-electron chi connectivity index (χ3n) is 11.1. The molecule has 2 nitrogen and oxygen atoms in total. The van der Waals surface area contributed by atoms with Crippen molar-refractivity contribution in [2.24, 2.45) is 0 Å². The highest BCUT2D eigenvalue weighted by atomic mass is 15.1. The van der Waals surface area contributed by atoms with Gasteiger partial charge < -0.3 is 9.47 Å². The van der Waals surface area contributed by atoms with Crippen molar-refractivity contribution < 1.29 is 0 Å². The zero-order chi connectivity index (χ0) is 37.3. The molecule has 9 aromatic rings. The number of nitrogens with zero attached hydrogens (tertiary/aromatic N) is 2. The molecule has 1 aliphatic carbocycles. The molecule has 0 aliphatic heterocycles. The van der Waals surface area contributed by atoms with Crippen LogP contribution >= 0.6 is 0 Å². The largest absolute Gasteiger partial charge is 0.313 e. The molecule has 10 rings (SSSR count). The molecular formula is C54H40N2. The van der Waals surface area contributed by atoms with Crippen LogP contribution in [-0.2, 0) is 6.42 Å². The van der Waals surface area contributed by atoms with Crippen molar-refractivity contribution in [2.45, 2.75) is 12.8 Å².